The van der Waals surface area contributed by atoms with E-state index in [2.05, 4.69) is 15.6 Å². The van der Waals surface area contributed by atoms with Crippen LogP contribution in [0, 0.1) is 11.6 Å². The van der Waals surface area contributed by atoms with Crippen molar-refractivity contribution in [2.24, 2.45) is 4.99 Å². The lowest BCUT2D eigenvalue weighted by molar-refractivity contribution is 0.152. The maximum absolute atomic E-state index is 13.7. The monoisotopic (exact) mass is 299 g/mol. The average Bonchev–Trinajstić information content (AvgIpc) is 2.46. The SMILES string of the molecule is CCOCCNC(=NC)NCC(C)c1ccc(F)cc1F. The zero-order valence-corrected chi connectivity index (χ0v) is 12.7. The second-order valence-electron chi connectivity index (χ2n) is 4.64. The number of halogens is 2. The molecular weight excluding hydrogens is 276 g/mol. The largest absolute Gasteiger partial charge is 0.380 e. The first-order chi connectivity index (χ1) is 10.1. The van der Waals surface area contributed by atoms with E-state index >= 15 is 0 Å². The van der Waals surface area contributed by atoms with Crippen molar-refractivity contribution in [3.05, 3.63) is 35.4 Å². The van der Waals surface area contributed by atoms with Crippen molar-refractivity contribution in [1.82, 2.24) is 10.6 Å². The Morgan fingerprint density at radius 2 is 2.10 bits per heavy atom. The quantitative estimate of drug-likeness (QED) is 0.461. The van der Waals surface area contributed by atoms with E-state index in [1.165, 1.54) is 12.1 Å². The normalized spacial score (nSPS) is 13.1. The minimum absolute atomic E-state index is 0.101. The molecular formula is C15H23F2N3O. The second-order valence-corrected chi connectivity index (χ2v) is 4.64. The molecule has 0 heterocycles. The molecule has 0 radical (unpaired) electrons. The summed E-state index contributed by atoms with van der Waals surface area (Å²) >= 11 is 0. The van der Waals surface area contributed by atoms with Gasteiger partial charge in [0.1, 0.15) is 11.6 Å². The van der Waals surface area contributed by atoms with Crippen LogP contribution in [0.25, 0.3) is 0 Å². The van der Waals surface area contributed by atoms with Gasteiger partial charge in [-0.2, -0.15) is 0 Å². The molecule has 1 rings (SSSR count). The Bertz CT molecular complexity index is 466. The van der Waals surface area contributed by atoms with E-state index < -0.39 is 11.6 Å². The van der Waals surface area contributed by atoms with Crippen molar-refractivity contribution in [3.8, 4) is 0 Å². The summed E-state index contributed by atoms with van der Waals surface area (Å²) < 4.78 is 31.8. The van der Waals surface area contributed by atoms with Gasteiger partial charge in [-0.3, -0.25) is 4.99 Å². The molecule has 21 heavy (non-hydrogen) atoms. The van der Waals surface area contributed by atoms with Crippen LogP contribution in [0.1, 0.15) is 25.3 Å². The molecule has 1 atom stereocenters. The summed E-state index contributed by atoms with van der Waals surface area (Å²) in [5.41, 5.74) is 0.480. The van der Waals surface area contributed by atoms with Crippen LogP contribution in [-0.4, -0.2) is 39.3 Å². The third kappa shape index (κ3) is 6.08. The number of guanidine groups is 1. The first kappa shape index (κ1) is 17.4. The van der Waals surface area contributed by atoms with Crippen molar-refractivity contribution in [3.63, 3.8) is 0 Å². The lowest BCUT2D eigenvalue weighted by Gasteiger charge is -2.17. The first-order valence-electron chi connectivity index (χ1n) is 7.05. The van der Waals surface area contributed by atoms with Crippen molar-refractivity contribution >= 4 is 5.96 Å². The van der Waals surface area contributed by atoms with Crippen LogP contribution >= 0.6 is 0 Å². The van der Waals surface area contributed by atoms with Gasteiger partial charge in [0.25, 0.3) is 0 Å². The molecule has 0 bridgehead atoms. The Balaban J connectivity index is 2.45. The fourth-order valence-corrected chi connectivity index (χ4v) is 1.87. The van der Waals surface area contributed by atoms with Gasteiger partial charge in [-0.05, 0) is 18.6 Å². The molecule has 1 aromatic carbocycles. The zero-order chi connectivity index (χ0) is 15.7. The standard InChI is InChI=1S/C15H23F2N3O/c1-4-21-8-7-19-15(18-3)20-10-11(2)13-6-5-12(16)9-14(13)17/h5-6,9,11H,4,7-8,10H2,1-3H3,(H2,18,19,20). The van der Waals surface area contributed by atoms with Gasteiger partial charge in [0, 0.05) is 38.7 Å². The van der Waals surface area contributed by atoms with Crippen molar-refractivity contribution in [2.45, 2.75) is 19.8 Å². The lowest BCUT2D eigenvalue weighted by Crippen LogP contribution is -2.40. The zero-order valence-electron chi connectivity index (χ0n) is 12.7. The fraction of sp³-hybridized carbons (Fsp3) is 0.533. The molecule has 4 nitrogen and oxygen atoms in total. The van der Waals surface area contributed by atoms with Crippen LogP contribution in [0.2, 0.25) is 0 Å². The van der Waals surface area contributed by atoms with Gasteiger partial charge in [-0.25, -0.2) is 8.78 Å². The average molecular weight is 299 g/mol. The molecule has 2 N–H and O–H groups in total. The van der Waals surface area contributed by atoms with Crippen LogP contribution in [0.4, 0.5) is 8.78 Å². The first-order valence-corrected chi connectivity index (χ1v) is 7.05. The molecule has 0 spiro atoms. The topological polar surface area (TPSA) is 45.6 Å². The smallest absolute Gasteiger partial charge is 0.191 e. The highest BCUT2D eigenvalue weighted by Gasteiger charge is 2.12. The van der Waals surface area contributed by atoms with E-state index in [-0.39, 0.29) is 5.92 Å². The Morgan fingerprint density at radius 3 is 2.71 bits per heavy atom. The minimum atomic E-state index is -0.565. The lowest BCUT2D eigenvalue weighted by atomic mass is 10.0. The van der Waals surface area contributed by atoms with Gasteiger partial charge in [-0.15, -0.1) is 0 Å². The van der Waals surface area contributed by atoms with Gasteiger partial charge in [0.15, 0.2) is 5.96 Å². The van der Waals surface area contributed by atoms with E-state index in [9.17, 15) is 8.78 Å². The molecule has 0 aliphatic rings. The fourth-order valence-electron chi connectivity index (χ4n) is 1.87. The molecule has 0 amide bonds. The molecule has 0 aliphatic heterocycles. The Kier molecular flexibility index (Phi) is 7.68. The summed E-state index contributed by atoms with van der Waals surface area (Å²) in [4.78, 5) is 4.07. The number of nitrogens with zero attached hydrogens (tertiary/aromatic N) is 1. The Labute approximate surface area is 124 Å². The molecule has 0 saturated carbocycles. The van der Waals surface area contributed by atoms with Crippen LogP contribution in [-0.2, 0) is 4.74 Å². The molecule has 0 fully saturated rings. The predicted octanol–water partition coefficient (Wildman–Crippen LogP) is 2.27. The third-order valence-electron chi connectivity index (χ3n) is 3.04. The molecule has 0 aliphatic carbocycles. The van der Waals surface area contributed by atoms with E-state index in [0.717, 1.165) is 6.07 Å². The summed E-state index contributed by atoms with van der Waals surface area (Å²) in [6.07, 6.45) is 0. The van der Waals surface area contributed by atoms with Gasteiger partial charge >= 0.3 is 0 Å². The van der Waals surface area contributed by atoms with Gasteiger partial charge in [0.2, 0.25) is 0 Å². The summed E-state index contributed by atoms with van der Waals surface area (Å²) in [6, 6.07) is 3.65. The minimum Gasteiger partial charge on any atom is -0.380 e. The van der Waals surface area contributed by atoms with E-state index in [4.69, 9.17) is 4.74 Å². The number of hydrogen-bond donors (Lipinski definition) is 2. The molecule has 1 unspecified atom stereocenters. The third-order valence-corrected chi connectivity index (χ3v) is 3.04. The summed E-state index contributed by atoms with van der Waals surface area (Å²) in [5, 5.41) is 6.20. The second kappa shape index (κ2) is 9.28. The van der Waals surface area contributed by atoms with Gasteiger partial charge in [0.05, 0.1) is 6.61 Å². The number of nitrogens with one attached hydrogen (secondary N) is 2. The molecule has 118 valence electrons. The van der Waals surface area contributed by atoms with Crippen LogP contribution in [0.3, 0.4) is 0 Å². The summed E-state index contributed by atoms with van der Waals surface area (Å²) in [7, 11) is 1.67. The van der Waals surface area contributed by atoms with Crippen molar-refractivity contribution in [2.75, 3.05) is 33.4 Å². The summed E-state index contributed by atoms with van der Waals surface area (Å²) in [6.45, 7) is 6.22. The van der Waals surface area contributed by atoms with Crippen LogP contribution in [0.15, 0.2) is 23.2 Å². The van der Waals surface area contributed by atoms with Crippen molar-refractivity contribution in [1.29, 1.82) is 0 Å². The highest BCUT2D eigenvalue weighted by molar-refractivity contribution is 5.79. The summed E-state index contributed by atoms with van der Waals surface area (Å²) in [5.74, 6) is -0.562. The maximum Gasteiger partial charge on any atom is 0.191 e. The molecule has 6 heteroatoms. The number of benzene rings is 1. The number of ether oxygens (including phenoxy) is 1. The number of hydrogen-bond acceptors (Lipinski definition) is 2. The van der Waals surface area contributed by atoms with E-state index in [1.807, 2.05) is 13.8 Å². The number of rotatable bonds is 7. The highest BCUT2D eigenvalue weighted by Crippen LogP contribution is 2.18. The maximum atomic E-state index is 13.7. The molecule has 0 aromatic heterocycles. The van der Waals surface area contributed by atoms with Gasteiger partial charge < -0.3 is 15.4 Å². The van der Waals surface area contributed by atoms with E-state index in [0.29, 0.717) is 37.8 Å². The predicted molar refractivity (Wildman–Crippen MR) is 80.6 cm³/mol. The highest BCUT2D eigenvalue weighted by atomic mass is 19.1. The van der Waals surface area contributed by atoms with Crippen LogP contribution < -0.4 is 10.6 Å². The molecule has 0 saturated heterocycles. The van der Waals surface area contributed by atoms with E-state index in [1.54, 1.807) is 7.05 Å². The number of aliphatic imine (C=N–C) groups is 1. The molecule has 1 aromatic rings. The Hall–Kier alpha value is -1.69. The van der Waals surface area contributed by atoms with Gasteiger partial charge in [-0.1, -0.05) is 13.0 Å². The van der Waals surface area contributed by atoms with Crippen molar-refractivity contribution < 1.29 is 13.5 Å². The Morgan fingerprint density at radius 1 is 1.33 bits per heavy atom. The van der Waals surface area contributed by atoms with Crippen LogP contribution in [0.5, 0.6) is 0 Å².